The molecule has 0 atom stereocenters. The molecule has 0 bridgehead atoms. The fourth-order valence-electron chi connectivity index (χ4n) is 2.75. The lowest BCUT2D eigenvalue weighted by atomic mass is 10.2. The van der Waals surface area contributed by atoms with E-state index in [0.29, 0.717) is 22.7 Å². The van der Waals surface area contributed by atoms with Crippen LogP contribution in [0.15, 0.2) is 88.7 Å². The SMILES string of the molecule is COc1ccccc1NS(=O)(=O)c1ccc(/C=C/C(=O)Nc2cccc(SC)c2)cc1. The number of hydrogen-bond donors (Lipinski definition) is 2. The van der Waals surface area contributed by atoms with Crippen LogP contribution in [-0.2, 0) is 14.8 Å². The molecule has 0 radical (unpaired) electrons. The molecule has 0 spiro atoms. The van der Waals surface area contributed by atoms with Gasteiger partial charge in [0.25, 0.3) is 10.0 Å². The standard InChI is InChI=1S/C23H22N2O4S2/c1-29-22-9-4-3-8-21(22)25-31(27,28)20-13-10-17(11-14-20)12-15-23(26)24-18-6-5-7-19(16-18)30-2/h3-16,25H,1-2H3,(H,24,26)/b15-12+. The number of amides is 1. The molecular weight excluding hydrogens is 432 g/mol. The number of para-hydroxylation sites is 2. The quantitative estimate of drug-likeness (QED) is 0.375. The number of carbonyl (C=O) groups excluding carboxylic acids is 1. The number of sulfonamides is 1. The maximum atomic E-state index is 12.7. The zero-order chi connectivity index (χ0) is 22.3. The predicted molar refractivity (Wildman–Crippen MR) is 126 cm³/mol. The highest BCUT2D eigenvalue weighted by Crippen LogP contribution is 2.26. The first-order chi connectivity index (χ1) is 14.9. The summed E-state index contributed by atoms with van der Waals surface area (Å²) in [7, 11) is -2.30. The molecule has 0 saturated heterocycles. The second-order valence-electron chi connectivity index (χ2n) is 6.43. The van der Waals surface area contributed by atoms with Gasteiger partial charge in [-0.25, -0.2) is 8.42 Å². The molecule has 1 amide bonds. The van der Waals surface area contributed by atoms with Crippen LogP contribution in [0, 0.1) is 0 Å². The van der Waals surface area contributed by atoms with Crippen LogP contribution in [-0.4, -0.2) is 27.7 Å². The molecule has 0 heterocycles. The second-order valence-corrected chi connectivity index (χ2v) is 8.99. The topological polar surface area (TPSA) is 84.5 Å². The highest BCUT2D eigenvalue weighted by atomic mass is 32.2. The van der Waals surface area contributed by atoms with Crippen molar-refractivity contribution in [2.45, 2.75) is 9.79 Å². The molecule has 0 aliphatic carbocycles. The minimum atomic E-state index is -3.78. The van der Waals surface area contributed by atoms with E-state index in [2.05, 4.69) is 10.0 Å². The van der Waals surface area contributed by atoms with Gasteiger partial charge in [-0.3, -0.25) is 9.52 Å². The van der Waals surface area contributed by atoms with Crippen molar-refractivity contribution in [2.24, 2.45) is 0 Å². The Morgan fingerprint density at radius 1 is 1.00 bits per heavy atom. The summed E-state index contributed by atoms with van der Waals surface area (Å²) in [4.78, 5) is 13.3. The Balaban J connectivity index is 1.67. The highest BCUT2D eigenvalue weighted by molar-refractivity contribution is 7.98. The summed E-state index contributed by atoms with van der Waals surface area (Å²) < 4.78 is 33.0. The lowest BCUT2D eigenvalue weighted by molar-refractivity contribution is -0.111. The van der Waals surface area contributed by atoms with E-state index in [9.17, 15) is 13.2 Å². The van der Waals surface area contributed by atoms with E-state index in [0.717, 1.165) is 4.90 Å². The van der Waals surface area contributed by atoms with E-state index in [1.807, 2.05) is 30.5 Å². The zero-order valence-corrected chi connectivity index (χ0v) is 18.7. The second kappa shape index (κ2) is 10.2. The highest BCUT2D eigenvalue weighted by Gasteiger charge is 2.16. The molecule has 160 valence electrons. The van der Waals surface area contributed by atoms with Crippen LogP contribution in [0.5, 0.6) is 5.75 Å². The van der Waals surface area contributed by atoms with Gasteiger partial charge in [0.05, 0.1) is 17.7 Å². The number of nitrogens with one attached hydrogen (secondary N) is 2. The molecule has 6 nitrogen and oxygen atoms in total. The first-order valence-corrected chi connectivity index (χ1v) is 12.0. The third-order valence-corrected chi connectivity index (χ3v) is 6.41. The summed E-state index contributed by atoms with van der Waals surface area (Å²) in [5.74, 6) is 0.160. The number of anilines is 2. The average molecular weight is 455 g/mol. The molecule has 0 aromatic heterocycles. The van der Waals surface area contributed by atoms with Crippen molar-refractivity contribution in [1.29, 1.82) is 0 Å². The number of thioether (sulfide) groups is 1. The first kappa shape index (κ1) is 22.5. The van der Waals surface area contributed by atoms with E-state index in [1.54, 1.807) is 54.2 Å². The molecule has 3 aromatic rings. The number of hydrogen-bond acceptors (Lipinski definition) is 5. The summed E-state index contributed by atoms with van der Waals surface area (Å²) in [5.41, 5.74) is 1.77. The molecule has 0 aliphatic rings. The van der Waals surface area contributed by atoms with Gasteiger partial charge in [-0.15, -0.1) is 11.8 Å². The Morgan fingerprint density at radius 3 is 2.45 bits per heavy atom. The Morgan fingerprint density at radius 2 is 1.74 bits per heavy atom. The molecular formula is C23H22N2O4S2. The Labute approximate surface area is 186 Å². The van der Waals surface area contributed by atoms with Crippen molar-refractivity contribution >= 4 is 45.1 Å². The van der Waals surface area contributed by atoms with Crippen molar-refractivity contribution in [2.75, 3.05) is 23.4 Å². The monoisotopic (exact) mass is 454 g/mol. The van der Waals surface area contributed by atoms with E-state index in [1.165, 1.54) is 25.3 Å². The third-order valence-electron chi connectivity index (χ3n) is 4.31. The lowest BCUT2D eigenvalue weighted by Crippen LogP contribution is -2.13. The van der Waals surface area contributed by atoms with Gasteiger partial charge in [-0.05, 0) is 60.4 Å². The summed E-state index contributed by atoms with van der Waals surface area (Å²) in [6.07, 6.45) is 5.00. The minimum absolute atomic E-state index is 0.105. The fraction of sp³-hybridized carbons (Fsp3) is 0.0870. The van der Waals surface area contributed by atoms with Gasteiger partial charge in [0, 0.05) is 16.7 Å². The summed E-state index contributed by atoms with van der Waals surface area (Å²) in [5, 5.41) is 2.80. The average Bonchev–Trinajstić information content (AvgIpc) is 2.78. The first-order valence-electron chi connectivity index (χ1n) is 9.30. The molecule has 3 aromatic carbocycles. The molecule has 0 fully saturated rings. The molecule has 8 heteroatoms. The fourth-order valence-corrected chi connectivity index (χ4v) is 4.28. The lowest BCUT2D eigenvalue weighted by Gasteiger charge is -2.11. The normalized spacial score (nSPS) is 11.3. The zero-order valence-electron chi connectivity index (χ0n) is 17.0. The van der Waals surface area contributed by atoms with Gasteiger partial charge >= 0.3 is 0 Å². The minimum Gasteiger partial charge on any atom is -0.495 e. The molecule has 3 rings (SSSR count). The Bertz CT molecular complexity index is 1190. The van der Waals surface area contributed by atoms with Gasteiger partial charge in [-0.2, -0.15) is 0 Å². The van der Waals surface area contributed by atoms with Gasteiger partial charge in [0.2, 0.25) is 5.91 Å². The van der Waals surface area contributed by atoms with Crippen molar-refractivity contribution < 1.29 is 17.9 Å². The smallest absolute Gasteiger partial charge is 0.262 e. The van der Waals surface area contributed by atoms with Crippen LogP contribution in [0.3, 0.4) is 0 Å². The maximum Gasteiger partial charge on any atom is 0.262 e. The van der Waals surface area contributed by atoms with Crippen molar-refractivity contribution in [1.82, 2.24) is 0 Å². The van der Waals surface area contributed by atoms with Crippen molar-refractivity contribution in [3.05, 3.63) is 84.4 Å². The van der Waals surface area contributed by atoms with Crippen molar-refractivity contribution in [3.8, 4) is 5.75 Å². The largest absolute Gasteiger partial charge is 0.495 e. The summed E-state index contributed by atoms with van der Waals surface area (Å²) in [6, 6.07) is 20.6. The number of carbonyl (C=O) groups is 1. The number of ether oxygens (including phenoxy) is 1. The van der Waals surface area contributed by atoms with Crippen LogP contribution < -0.4 is 14.8 Å². The Kier molecular flexibility index (Phi) is 7.38. The van der Waals surface area contributed by atoms with Gasteiger partial charge < -0.3 is 10.1 Å². The van der Waals surface area contributed by atoms with Gasteiger partial charge in [-0.1, -0.05) is 30.3 Å². The maximum absolute atomic E-state index is 12.7. The summed E-state index contributed by atoms with van der Waals surface area (Å²) in [6.45, 7) is 0. The van der Waals surface area contributed by atoms with Crippen LogP contribution in [0.1, 0.15) is 5.56 Å². The van der Waals surface area contributed by atoms with Crippen LogP contribution in [0.4, 0.5) is 11.4 Å². The van der Waals surface area contributed by atoms with Crippen LogP contribution in [0.2, 0.25) is 0 Å². The molecule has 2 N–H and O–H groups in total. The molecule has 31 heavy (non-hydrogen) atoms. The van der Waals surface area contributed by atoms with Gasteiger partial charge in [0.15, 0.2) is 0 Å². The van der Waals surface area contributed by atoms with Crippen molar-refractivity contribution in [3.63, 3.8) is 0 Å². The summed E-state index contributed by atoms with van der Waals surface area (Å²) >= 11 is 1.60. The van der Waals surface area contributed by atoms with Crippen LogP contribution >= 0.6 is 11.8 Å². The molecule has 0 aliphatic heterocycles. The van der Waals surface area contributed by atoms with Crippen LogP contribution in [0.25, 0.3) is 6.08 Å². The van der Waals surface area contributed by atoms with E-state index >= 15 is 0 Å². The molecule has 0 unspecified atom stereocenters. The third kappa shape index (κ3) is 6.13. The predicted octanol–water partition coefficient (Wildman–Crippen LogP) is 4.87. The number of benzene rings is 3. The van der Waals surface area contributed by atoms with Gasteiger partial charge in [0.1, 0.15) is 5.75 Å². The van der Waals surface area contributed by atoms with E-state index in [4.69, 9.17) is 4.74 Å². The Hall–Kier alpha value is -3.23. The number of rotatable bonds is 8. The van der Waals surface area contributed by atoms with E-state index < -0.39 is 10.0 Å². The molecule has 0 saturated carbocycles. The van der Waals surface area contributed by atoms with E-state index in [-0.39, 0.29) is 10.8 Å². The number of methoxy groups -OCH3 is 1.